The molecule has 3 rings (SSSR count). The van der Waals surface area contributed by atoms with Crippen LogP contribution in [0.15, 0.2) is 24.3 Å². The van der Waals surface area contributed by atoms with Crippen molar-refractivity contribution in [1.29, 1.82) is 0 Å². The van der Waals surface area contributed by atoms with Gasteiger partial charge < -0.3 is 20.0 Å². The van der Waals surface area contributed by atoms with E-state index in [1.165, 1.54) is 6.08 Å². The highest BCUT2D eigenvalue weighted by molar-refractivity contribution is 6.42. The first-order chi connectivity index (χ1) is 15.7. The Labute approximate surface area is 203 Å². The van der Waals surface area contributed by atoms with E-state index in [0.29, 0.717) is 55.7 Å². The van der Waals surface area contributed by atoms with Crippen LogP contribution in [0.4, 0.5) is 4.39 Å². The van der Waals surface area contributed by atoms with Crippen molar-refractivity contribution in [3.63, 3.8) is 0 Å². The van der Waals surface area contributed by atoms with Gasteiger partial charge in [-0.05, 0) is 36.6 Å². The van der Waals surface area contributed by atoms with Gasteiger partial charge in [0.1, 0.15) is 6.17 Å². The number of piperidine rings is 1. The lowest BCUT2D eigenvalue weighted by Crippen LogP contribution is -2.47. The average molecular weight is 502 g/mol. The van der Waals surface area contributed by atoms with Crippen LogP contribution in [0.5, 0.6) is 0 Å². The largest absolute Gasteiger partial charge is 0.392 e. The van der Waals surface area contributed by atoms with Gasteiger partial charge in [0.05, 0.1) is 22.3 Å². The zero-order valence-corrected chi connectivity index (χ0v) is 19.9. The number of nitrogens with zero attached hydrogens (tertiary/aromatic N) is 3. The minimum atomic E-state index is -1.21. The van der Waals surface area contributed by atoms with Gasteiger partial charge in [0, 0.05) is 58.3 Å². The Morgan fingerprint density at radius 1 is 1.21 bits per heavy atom. The molecule has 2 aliphatic rings. The second-order valence-corrected chi connectivity index (χ2v) is 9.35. The number of β-amino-alcohol motifs (C(OH)–C–C–N with tert-alkyl or cyclic N) is 2. The van der Waals surface area contributed by atoms with E-state index in [1.54, 1.807) is 34.1 Å². The van der Waals surface area contributed by atoms with Crippen LogP contribution in [0.2, 0.25) is 10.0 Å². The number of aliphatic hydroxyl groups excluding tert-OH is 2. The van der Waals surface area contributed by atoms with Gasteiger partial charge in [0.2, 0.25) is 11.8 Å². The van der Waals surface area contributed by atoms with Crippen molar-refractivity contribution in [2.24, 2.45) is 0 Å². The summed E-state index contributed by atoms with van der Waals surface area (Å²) in [5.41, 5.74) is 0.752. The number of carbonyl (C=O) groups is 2. The van der Waals surface area contributed by atoms with Crippen molar-refractivity contribution in [3.05, 3.63) is 39.9 Å². The van der Waals surface area contributed by atoms with Crippen molar-refractivity contribution in [2.45, 2.75) is 37.6 Å². The highest BCUT2D eigenvalue weighted by Gasteiger charge is 2.29. The van der Waals surface area contributed by atoms with Crippen LogP contribution in [-0.4, -0.2) is 101 Å². The maximum atomic E-state index is 13.4. The van der Waals surface area contributed by atoms with Crippen molar-refractivity contribution >= 4 is 41.1 Å². The minimum absolute atomic E-state index is 0.0559. The molecule has 10 heteroatoms. The maximum Gasteiger partial charge on any atom is 0.246 e. The fourth-order valence-electron chi connectivity index (χ4n) is 4.04. The Morgan fingerprint density at radius 2 is 2.00 bits per heavy atom. The van der Waals surface area contributed by atoms with Gasteiger partial charge in [0.25, 0.3) is 0 Å². The van der Waals surface area contributed by atoms with Crippen LogP contribution < -0.4 is 0 Å². The Morgan fingerprint density at radius 3 is 2.73 bits per heavy atom. The fourth-order valence-corrected chi connectivity index (χ4v) is 4.35. The van der Waals surface area contributed by atoms with Crippen molar-refractivity contribution in [1.82, 2.24) is 14.7 Å². The highest BCUT2D eigenvalue weighted by Crippen LogP contribution is 2.23. The Balaban J connectivity index is 1.45. The third kappa shape index (κ3) is 7.65. The van der Waals surface area contributed by atoms with E-state index in [4.69, 9.17) is 23.2 Å². The Kier molecular flexibility index (Phi) is 9.52. The molecular formula is C23H30Cl2FN3O4. The molecule has 0 bridgehead atoms. The number of benzene rings is 1. The highest BCUT2D eigenvalue weighted by atomic mass is 35.5. The van der Waals surface area contributed by atoms with E-state index in [2.05, 4.69) is 0 Å². The number of rotatable bonds is 7. The van der Waals surface area contributed by atoms with Crippen molar-refractivity contribution in [3.8, 4) is 0 Å². The average Bonchev–Trinajstić information content (AvgIpc) is 2.97. The predicted molar refractivity (Wildman–Crippen MR) is 126 cm³/mol. The van der Waals surface area contributed by atoms with Crippen LogP contribution in [0.3, 0.4) is 0 Å². The lowest BCUT2D eigenvalue weighted by molar-refractivity contribution is -0.130. The van der Waals surface area contributed by atoms with Crippen LogP contribution in [0, 0.1) is 0 Å². The van der Waals surface area contributed by atoms with Gasteiger partial charge in [0.15, 0.2) is 0 Å². The first kappa shape index (κ1) is 25.9. The molecule has 2 saturated heterocycles. The number of amides is 2. The second-order valence-electron chi connectivity index (χ2n) is 8.54. The molecule has 0 radical (unpaired) electrons. The number of alkyl halides is 1. The molecule has 0 aliphatic carbocycles. The van der Waals surface area contributed by atoms with Crippen LogP contribution in [0.1, 0.15) is 24.8 Å². The van der Waals surface area contributed by atoms with E-state index in [0.717, 1.165) is 5.56 Å². The third-order valence-corrected chi connectivity index (χ3v) is 6.79. The lowest BCUT2D eigenvalue weighted by Gasteiger charge is -2.33. The summed E-state index contributed by atoms with van der Waals surface area (Å²) in [4.78, 5) is 30.2. The molecule has 2 amide bonds. The molecule has 2 heterocycles. The fraction of sp³-hybridized carbons (Fsp3) is 0.565. The maximum absolute atomic E-state index is 13.4. The predicted octanol–water partition coefficient (Wildman–Crippen LogP) is 2.22. The van der Waals surface area contributed by atoms with Crippen molar-refractivity contribution in [2.75, 3.05) is 45.8 Å². The first-order valence-electron chi connectivity index (χ1n) is 11.2. The molecule has 2 N–H and O–H groups in total. The molecule has 0 aromatic heterocycles. The molecule has 182 valence electrons. The molecule has 1 unspecified atom stereocenters. The summed E-state index contributed by atoms with van der Waals surface area (Å²) in [7, 11) is 0. The van der Waals surface area contributed by atoms with Gasteiger partial charge in [-0.3, -0.25) is 14.5 Å². The SMILES string of the molecule is O=C(/C=C/c1ccc(Cl)c(Cl)c1)N1CCC(=O)N(CCC(O)CN2CC[C@@H](F)[C@H](O)C2)CC1. The molecule has 1 aromatic rings. The van der Waals surface area contributed by atoms with Crippen LogP contribution in [-0.2, 0) is 9.59 Å². The molecule has 0 spiro atoms. The van der Waals surface area contributed by atoms with Crippen LogP contribution >= 0.6 is 23.2 Å². The molecule has 1 aromatic carbocycles. The lowest BCUT2D eigenvalue weighted by atomic mass is 10.1. The normalized spacial score (nSPS) is 23.7. The quantitative estimate of drug-likeness (QED) is 0.559. The molecular weight excluding hydrogens is 472 g/mol. The van der Waals surface area contributed by atoms with Gasteiger partial charge >= 0.3 is 0 Å². The number of carbonyl (C=O) groups excluding carboxylic acids is 2. The Hall–Kier alpha value is -1.71. The molecule has 2 fully saturated rings. The summed E-state index contributed by atoms with van der Waals surface area (Å²) >= 11 is 11.9. The number of halogens is 3. The zero-order valence-electron chi connectivity index (χ0n) is 18.4. The topological polar surface area (TPSA) is 84.3 Å². The third-order valence-electron chi connectivity index (χ3n) is 6.05. The molecule has 3 atom stereocenters. The standard InChI is InChI=1S/C23H30Cl2FN3O4/c24-18-3-1-16(13-19(18)25)2-4-22(32)29-10-7-23(33)28(11-12-29)9-5-17(30)14-27-8-6-20(26)21(31)15-27/h1-4,13,17,20-21,30-31H,5-12,14-15H2/b4-2+/t17?,20-,21-/m1/s1. The molecule has 33 heavy (non-hydrogen) atoms. The summed E-state index contributed by atoms with van der Waals surface area (Å²) in [5.74, 6) is -0.245. The van der Waals surface area contributed by atoms with Gasteiger partial charge in [-0.25, -0.2) is 4.39 Å². The van der Waals surface area contributed by atoms with E-state index < -0.39 is 18.4 Å². The minimum Gasteiger partial charge on any atom is -0.392 e. The summed E-state index contributed by atoms with van der Waals surface area (Å²) < 4.78 is 13.4. The van der Waals surface area contributed by atoms with Crippen LogP contribution in [0.25, 0.3) is 6.08 Å². The van der Waals surface area contributed by atoms with Gasteiger partial charge in [-0.1, -0.05) is 29.3 Å². The second kappa shape index (κ2) is 12.1. The Bertz CT molecular complexity index is 872. The summed E-state index contributed by atoms with van der Waals surface area (Å²) in [6, 6.07) is 5.10. The van der Waals surface area contributed by atoms with Gasteiger partial charge in [-0.15, -0.1) is 0 Å². The van der Waals surface area contributed by atoms with Crippen molar-refractivity contribution < 1.29 is 24.2 Å². The number of hydrogen-bond donors (Lipinski definition) is 2. The van der Waals surface area contributed by atoms with E-state index in [-0.39, 0.29) is 31.2 Å². The molecule has 7 nitrogen and oxygen atoms in total. The smallest absolute Gasteiger partial charge is 0.246 e. The molecule has 2 aliphatic heterocycles. The van der Waals surface area contributed by atoms with Gasteiger partial charge in [-0.2, -0.15) is 0 Å². The summed E-state index contributed by atoms with van der Waals surface area (Å²) in [6.45, 7) is 2.53. The monoisotopic (exact) mass is 501 g/mol. The summed E-state index contributed by atoms with van der Waals surface area (Å²) in [5, 5.41) is 20.9. The number of hydrogen-bond acceptors (Lipinski definition) is 5. The van der Waals surface area contributed by atoms with E-state index in [9.17, 15) is 24.2 Å². The van der Waals surface area contributed by atoms with E-state index >= 15 is 0 Å². The molecule has 0 saturated carbocycles. The first-order valence-corrected chi connectivity index (χ1v) is 11.9. The zero-order chi connectivity index (χ0) is 24.0. The number of aliphatic hydroxyl groups is 2. The summed E-state index contributed by atoms with van der Waals surface area (Å²) in [6.07, 6.45) is 1.05. The van der Waals surface area contributed by atoms with E-state index in [1.807, 2.05) is 4.90 Å². The number of likely N-dealkylation sites (tertiary alicyclic amines) is 1.